The Bertz CT molecular complexity index is 1230. The molecule has 0 saturated carbocycles. The van der Waals surface area contributed by atoms with Gasteiger partial charge in [-0.05, 0) is 30.3 Å². The van der Waals surface area contributed by atoms with Gasteiger partial charge in [0, 0.05) is 23.1 Å². The van der Waals surface area contributed by atoms with E-state index in [9.17, 15) is 5.11 Å². The minimum atomic E-state index is -0.592. The Hall–Kier alpha value is -4.07. The number of phenolic OH excluding ortho intramolecular Hbond substituents is 1. The van der Waals surface area contributed by atoms with Gasteiger partial charge in [0.05, 0.1) is 40.2 Å². The van der Waals surface area contributed by atoms with Gasteiger partial charge in [0.1, 0.15) is 5.75 Å². The molecule has 0 bridgehead atoms. The normalized spacial score (nSPS) is 18.4. The lowest BCUT2D eigenvalue weighted by Crippen LogP contribution is -2.34. The maximum Gasteiger partial charge on any atom is 0.214 e. The molecule has 3 aromatic carbocycles. The highest BCUT2D eigenvalue weighted by Gasteiger charge is 2.43. The van der Waals surface area contributed by atoms with Crippen molar-refractivity contribution < 1.29 is 28.8 Å². The second-order valence-corrected chi connectivity index (χ2v) is 7.97. The zero-order chi connectivity index (χ0) is 23.8. The second-order valence-electron chi connectivity index (χ2n) is 7.97. The molecule has 0 saturated heterocycles. The van der Waals surface area contributed by atoms with E-state index >= 15 is 0 Å². The van der Waals surface area contributed by atoms with Gasteiger partial charge in [-0.2, -0.15) is 5.10 Å². The number of ether oxygens (including phenoxy) is 5. The maximum atomic E-state index is 10.5. The van der Waals surface area contributed by atoms with Crippen molar-refractivity contribution in [3.63, 3.8) is 0 Å². The Kier molecular flexibility index (Phi) is 5.57. The molecule has 0 unspecified atom stereocenters. The first-order chi connectivity index (χ1) is 16.6. The molecule has 2 aliphatic rings. The SMILES string of the molecule is COc1cc([C@@H]2Oc3c(OC)cccc3[C@H]3CC(c4ccccc4O)=NN32)cc(OC)c1OC. The second kappa shape index (κ2) is 8.70. The quantitative estimate of drug-likeness (QED) is 0.570. The van der Waals surface area contributed by atoms with E-state index in [1.807, 2.05) is 47.5 Å². The lowest BCUT2D eigenvalue weighted by Gasteiger charge is -2.38. The molecule has 8 heteroatoms. The summed E-state index contributed by atoms with van der Waals surface area (Å²) in [6.45, 7) is 0. The summed E-state index contributed by atoms with van der Waals surface area (Å²) in [7, 11) is 6.35. The van der Waals surface area contributed by atoms with Crippen LogP contribution in [0.15, 0.2) is 59.7 Å². The summed E-state index contributed by atoms with van der Waals surface area (Å²) in [5.41, 5.74) is 3.22. The molecule has 2 aliphatic heterocycles. The predicted octanol–water partition coefficient (Wildman–Crippen LogP) is 4.67. The zero-order valence-corrected chi connectivity index (χ0v) is 19.4. The smallest absolute Gasteiger partial charge is 0.214 e. The average Bonchev–Trinajstić information content (AvgIpc) is 3.32. The fraction of sp³-hybridized carbons (Fsp3) is 0.269. The Morgan fingerprint density at radius 3 is 2.24 bits per heavy atom. The summed E-state index contributed by atoms with van der Waals surface area (Å²) in [5.74, 6) is 3.04. The number of methoxy groups -OCH3 is 4. The summed E-state index contributed by atoms with van der Waals surface area (Å²) in [5, 5.41) is 17.3. The predicted molar refractivity (Wildman–Crippen MR) is 126 cm³/mol. The van der Waals surface area contributed by atoms with Crippen LogP contribution in [0, 0.1) is 0 Å². The standard InChI is InChI=1S/C26H26N2O6/c1-30-21-11-7-9-17-19-14-18(16-8-5-6-10-20(16)29)27-28(19)26(34-24(17)21)15-12-22(31-2)25(33-4)23(13-15)32-3/h5-13,19,26,29H,14H2,1-4H3/t19-,26+/m1/s1. The number of hydrogen-bond acceptors (Lipinski definition) is 8. The third-order valence-electron chi connectivity index (χ3n) is 6.19. The Balaban J connectivity index is 1.67. The van der Waals surface area contributed by atoms with Gasteiger partial charge in [-0.3, -0.25) is 0 Å². The molecule has 1 N–H and O–H groups in total. The van der Waals surface area contributed by atoms with Gasteiger partial charge in [-0.25, -0.2) is 5.01 Å². The topological polar surface area (TPSA) is 82.0 Å². The first-order valence-electron chi connectivity index (χ1n) is 10.9. The summed E-state index contributed by atoms with van der Waals surface area (Å²) in [6, 6.07) is 16.7. The molecule has 0 radical (unpaired) electrons. The van der Waals surface area contributed by atoms with Crippen molar-refractivity contribution in [3.05, 3.63) is 71.3 Å². The van der Waals surface area contributed by atoms with Crippen molar-refractivity contribution in [1.29, 1.82) is 0 Å². The summed E-state index contributed by atoms with van der Waals surface area (Å²) in [6.07, 6.45) is 0.00744. The highest BCUT2D eigenvalue weighted by Crippen LogP contribution is 2.52. The number of hydrazone groups is 1. The van der Waals surface area contributed by atoms with Crippen LogP contribution in [0.25, 0.3) is 0 Å². The largest absolute Gasteiger partial charge is 0.507 e. The zero-order valence-electron chi connectivity index (χ0n) is 19.4. The van der Waals surface area contributed by atoms with Crippen molar-refractivity contribution in [2.45, 2.75) is 18.7 Å². The average molecular weight is 463 g/mol. The third kappa shape index (κ3) is 3.42. The van der Waals surface area contributed by atoms with Gasteiger partial charge in [-0.1, -0.05) is 24.3 Å². The highest BCUT2D eigenvalue weighted by molar-refractivity contribution is 6.04. The minimum absolute atomic E-state index is 0.113. The molecule has 3 aromatic rings. The van der Waals surface area contributed by atoms with Crippen LogP contribution in [0.5, 0.6) is 34.5 Å². The molecule has 0 fully saturated rings. The van der Waals surface area contributed by atoms with Crippen LogP contribution < -0.4 is 23.7 Å². The van der Waals surface area contributed by atoms with Gasteiger partial charge < -0.3 is 28.8 Å². The molecule has 0 spiro atoms. The summed E-state index contributed by atoms with van der Waals surface area (Å²) in [4.78, 5) is 0. The Labute approximate surface area is 197 Å². The van der Waals surface area contributed by atoms with Crippen LogP contribution in [0.2, 0.25) is 0 Å². The lowest BCUT2D eigenvalue weighted by molar-refractivity contribution is -0.0211. The van der Waals surface area contributed by atoms with E-state index in [0.717, 1.165) is 16.8 Å². The van der Waals surface area contributed by atoms with E-state index in [0.29, 0.717) is 40.7 Å². The van der Waals surface area contributed by atoms with Crippen molar-refractivity contribution in [1.82, 2.24) is 5.01 Å². The van der Waals surface area contributed by atoms with E-state index in [4.69, 9.17) is 28.8 Å². The van der Waals surface area contributed by atoms with E-state index in [1.165, 1.54) is 0 Å². The van der Waals surface area contributed by atoms with E-state index in [1.54, 1.807) is 40.6 Å². The maximum absolute atomic E-state index is 10.5. The number of phenols is 1. The number of nitrogens with zero attached hydrogens (tertiary/aromatic N) is 2. The van der Waals surface area contributed by atoms with Crippen molar-refractivity contribution in [3.8, 4) is 34.5 Å². The molecule has 2 heterocycles. The molecular formula is C26H26N2O6. The fourth-order valence-electron chi connectivity index (χ4n) is 4.59. The molecule has 0 amide bonds. The number of aromatic hydroxyl groups is 1. The van der Waals surface area contributed by atoms with Gasteiger partial charge in [0.25, 0.3) is 0 Å². The van der Waals surface area contributed by atoms with Gasteiger partial charge in [0.15, 0.2) is 23.0 Å². The molecule has 176 valence electrons. The van der Waals surface area contributed by atoms with Gasteiger partial charge in [-0.15, -0.1) is 0 Å². The molecule has 5 rings (SSSR count). The Morgan fingerprint density at radius 2 is 1.59 bits per heavy atom. The van der Waals surface area contributed by atoms with Crippen LogP contribution >= 0.6 is 0 Å². The fourth-order valence-corrected chi connectivity index (χ4v) is 4.59. The number of para-hydroxylation sites is 2. The highest BCUT2D eigenvalue weighted by atomic mass is 16.5. The molecule has 8 nitrogen and oxygen atoms in total. The van der Waals surface area contributed by atoms with Crippen LogP contribution in [0.4, 0.5) is 0 Å². The van der Waals surface area contributed by atoms with Gasteiger partial charge in [0.2, 0.25) is 12.0 Å². The van der Waals surface area contributed by atoms with Crippen molar-refractivity contribution in [2.24, 2.45) is 5.10 Å². The number of benzene rings is 3. The van der Waals surface area contributed by atoms with Gasteiger partial charge >= 0.3 is 0 Å². The third-order valence-corrected chi connectivity index (χ3v) is 6.19. The summed E-state index contributed by atoms with van der Waals surface area (Å²) >= 11 is 0. The van der Waals surface area contributed by atoms with E-state index < -0.39 is 6.23 Å². The summed E-state index contributed by atoms with van der Waals surface area (Å²) < 4.78 is 28.8. The first kappa shape index (κ1) is 21.8. The van der Waals surface area contributed by atoms with Crippen molar-refractivity contribution >= 4 is 5.71 Å². The molecule has 2 atom stereocenters. The van der Waals surface area contributed by atoms with E-state index in [2.05, 4.69) is 0 Å². The lowest BCUT2D eigenvalue weighted by atomic mass is 9.95. The van der Waals surface area contributed by atoms with Crippen LogP contribution in [-0.4, -0.2) is 44.3 Å². The molecular weight excluding hydrogens is 436 g/mol. The van der Waals surface area contributed by atoms with Crippen molar-refractivity contribution in [2.75, 3.05) is 28.4 Å². The van der Waals surface area contributed by atoms with Crippen LogP contribution in [-0.2, 0) is 0 Å². The minimum Gasteiger partial charge on any atom is -0.507 e. The number of rotatable bonds is 6. The molecule has 34 heavy (non-hydrogen) atoms. The molecule has 0 aromatic heterocycles. The number of hydrogen-bond donors (Lipinski definition) is 1. The van der Waals surface area contributed by atoms with E-state index in [-0.39, 0.29) is 11.8 Å². The first-order valence-corrected chi connectivity index (χ1v) is 10.9. The number of fused-ring (bicyclic) bond motifs is 3. The Morgan fingerprint density at radius 1 is 0.882 bits per heavy atom. The molecule has 0 aliphatic carbocycles. The monoisotopic (exact) mass is 462 g/mol. The van der Waals surface area contributed by atoms with Crippen LogP contribution in [0.1, 0.15) is 35.4 Å². The van der Waals surface area contributed by atoms with Crippen LogP contribution in [0.3, 0.4) is 0 Å².